The number of aromatic nitrogens is 3. The number of carboxylic acid groups (broad SMARTS) is 1. The number of rotatable bonds is 5. The lowest BCUT2D eigenvalue weighted by Gasteiger charge is -2.37. The van der Waals surface area contributed by atoms with E-state index in [4.69, 9.17) is 0 Å². The fourth-order valence-corrected chi connectivity index (χ4v) is 4.88. The van der Waals surface area contributed by atoms with E-state index < -0.39 is 29.0 Å². The first-order chi connectivity index (χ1) is 15.9. The predicted molar refractivity (Wildman–Crippen MR) is 118 cm³/mol. The molecule has 1 fully saturated rings. The number of carboxylic acids is 1. The van der Waals surface area contributed by atoms with E-state index in [1.807, 2.05) is 13.0 Å². The van der Waals surface area contributed by atoms with Crippen molar-refractivity contribution in [3.05, 3.63) is 52.9 Å². The maximum atomic E-state index is 12.9. The maximum Gasteiger partial charge on any atom is 0.433 e. The van der Waals surface area contributed by atoms with Crippen molar-refractivity contribution in [3.63, 3.8) is 0 Å². The van der Waals surface area contributed by atoms with Crippen molar-refractivity contribution in [2.75, 3.05) is 5.32 Å². The number of hydrogen-bond donors (Lipinski definition) is 4. The van der Waals surface area contributed by atoms with Gasteiger partial charge in [-0.15, -0.1) is 11.3 Å². The van der Waals surface area contributed by atoms with Crippen molar-refractivity contribution in [1.29, 1.82) is 0 Å². The van der Waals surface area contributed by atoms with Crippen LogP contribution < -0.4 is 5.32 Å². The average molecular weight is 494 g/mol. The molecule has 2 aromatic heterocycles. The van der Waals surface area contributed by atoms with Crippen molar-refractivity contribution in [3.8, 4) is 10.4 Å². The van der Waals surface area contributed by atoms with Gasteiger partial charge < -0.3 is 20.6 Å². The SMILES string of the molecule is Cc1cc(Nc2nccc(C(F)(F)F)n2)cc(-c2cnc([C@]3(O)CC[C@](O)(C(=O)O)CC3)s2)c1. The molecule has 0 bridgehead atoms. The van der Waals surface area contributed by atoms with Crippen LogP contribution in [0, 0.1) is 6.92 Å². The normalized spacial score (nSPS) is 23.0. The van der Waals surface area contributed by atoms with Gasteiger partial charge in [-0.05, 0) is 61.9 Å². The Kier molecular flexibility index (Phi) is 6.08. The number of benzene rings is 1. The highest BCUT2D eigenvalue weighted by atomic mass is 32.1. The monoisotopic (exact) mass is 494 g/mol. The summed E-state index contributed by atoms with van der Waals surface area (Å²) in [6, 6.07) is 6.10. The van der Waals surface area contributed by atoms with E-state index in [0.717, 1.165) is 23.4 Å². The third-order valence-electron chi connectivity index (χ3n) is 5.77. The molecule has 0 amide bonds. The van der Waals surface area contributed by atoms with Crippen LogP contribution in [0.3, 0.4) is 0 Å². The number of aliphatic hydroxyl groups is 2. The Morgan fingerprint density at radius 3 is 2.47 bits per heavy atom. The lowest BCUT2D eigenvalue weighted by atomic mass is 9.76. The summed E-state index contributed by atoms with van der Waals surface area (Å²) in [5, 5.41) is 33.6. The molecule has 34 heavy (non-hydrogen) atoms. The van der Waals surface area contributed by atoms with E-state index in [1.165, 1.54) is 11.3 Å². The Morgan fingerprint density at radius 1 is 1.12 bits per heavy atom. The van der Waals surface area contributed by atoms with Gasteiger partial charge >= 0.3 is 12.1 Å². The summed E-state index contributed by atoms with van der Waals surface area (Å²) in [4.78, 5) is 23.7. The van der Waals surface area contributed by atoms with Gasteiger partial charge in [-0.2, -0.15) is 13.2 Å². The molecule has 0 atom stereocenters. The molecule has 2 heterocycles. The third kappa shape index (κ3) is 4.88. The first kappa shape index (κ1) is 24.0. The van der Waals surface area contributed by atoms with Crippen molar-refractivity contribution in [2.45, 2.75) is 50.0 Å². The summed E-state index contributed by atoms with van der Waals surface area (Å²) < 4.78 is 38.8. The quantitative estimate of drug-likeness (QED) is 0.415. The summed E-state index contributed by atoms with van der Waals surface area (Å²) >= 11 is 1.23. The molecule has 0 unspecified atom stereocenters. The zero-order valence-corrected chi connectivity index (χ0v) is 18.7. The highest BCUT2D eigenvalue weighted by molar-refractivity contribution is 7.15. The van der Waals surface area contributed by atoms with Crippen LogP contribution in [0.15, 0.2) is 36.7 Å². The predicted octanol–water partition coefficient (Wildman–Crippen LogP) is 4.25. The van der Waals surface area contributed by atoms with E-state index >= 15 is 0 Å². The van der Waals surface area contributed by atoms with E-state index in [9.17, 15) is 33.3 Å². The Morgan fingerprint density at radius 2 is 1.82 bits per heavy atom. The van der Waals surface area contributed by atoms with Crippen molar-refractivity contribution in [2.24, 2.45) is 0 Å². The molecule has 180 valence electrons. The van der Waals surface area contributed by atoms with Gasteiger partial charge in [0.15, 0.2) is 5.60 Å². The number of aryl methyl sites for hydroxylation is 1. The minimum Gasteiger partial charge on any atom is -0.479 e. The van der Waals surface area contributed by atoms with Crippen LogP contribution in [0.4, 0.5) is 24.8 Å². The maximum absolute atomic E-state index is 12.9. The molecule has 1 aliphatic rings. The number of hydrogen-bond acceptors (Lipinski definition) is 8. The number of anilines is 2. The van der Waals surface area contributed by atoms with Crippen LogP contribution in [0.25, 0.3) is 10.4 Å². The average Bonchev–Trinajstić information content (AvgIpc) is 3.26. The van der Waals surface area contributed by atoms with E-state index in [0.29, 0.717) is 15.6 Å². The smallest absolute Gasteiger partial charge is 0.433 e. The zero-order valence-electron chi connectivity index (χ0n) is 17.9. The van der Waals surface area contributed by atoms with Gasteiger partial charge in [-0.1, -0.05) is 6.07 Å². The fourth-order valence-electron chi connectivity index (χ4n) is 3.83. The zero-order chi connectivity index (χ0) is 24.7. The van der Waals surface area contributed by atoms with Crippen LogP contribution in [0.1, 0.15) is 41.9 Å². The molecule has 8 nitrogen and oxygen atoms in total. The number of nitrogens with one attached hydrogen (secondary N) is 1. The standard InChI is InChI=1S/C22H21F3N4O4S/c1-12-8-13(10-14(9-12)28-19-26-7-2-16(29-19)22(23,24)25)15-11-27-17(34-15)20(32)3-5-21(33,6-4-20)18(30)31/h2,7-11,32-33H,3-6H2,1H3,(H,30,31)(H,26,28,29)/t20-,21+. The Hall–Kier alpha value is -3.09. The van der Waals surface area contributed by atoms with Crippen LogP contribution >= 0.6 is 11.3 Å². The first-order valence-corrected chi connectivity index (χ1v) is 11.1. The number of carbonyl (C=O) groups is 1. The van der Waals surface area contributed by atoms with Crippen molar-refractivity contribution in [1.82, 2.24) is 15.0 Å². The molecule has 1 saturated carbocycles. The van der Waals surface area contributed by atoms with Crippen molar-refractivity contribution < 1.29 is 33.3 Å². The molecule has 3 aromatic rings. The Bertz CT molecular complexity index is 1220. The molecular formula is C22H21F3N4O4S. The summed E-state index contributed by atoms with van der Waals surface area (Å²) in [7, 11) is 0. The van der Waals surface area contributed by atoms with Gasteiger partial charge in [0.05, 0.1) is 4.88 Å². The highest BCUT2D eigenvalue weighted by Gasteiger charge is 2.47. The second-order valence-electron chi connectivity index (χ2n) is 8.37. The minimum absolute atomic E-state index is 0.0518. The van der Waals surface area contributed by atoms with Crippen LogP contribution in [0.5, 0.6) is 0 Å². The highest BCUT2D eigenvalue weighted by Crippen LogP contribution is 2.44. The molecule has 0 saturated heterocycles. The van der Waals surface area contributed by atoms with E-state index in [-0.39, 0.29) is 31.6 Å². The summed E-state index contributed by atoms with van der Waals surface area (Å²) in [6.45, 7) is 1.82. The van der Waals surface area contributed by atoms with Gasteiger partial charge in [0, 0.05) is 18.1 Å². The summed E-state index contributed by atoms with van der Waals surface area (Å²) in [5.74, 6) is -1.50. The molecule has 1 aliphatic carbocycles. The van der Waals surface area contributed by atoms with Crippen LogP contribution in [0.2, 0.25) is 0 Å². The third-order valence-corrected chi connectivity index (χ3v) is 7.01. The lowest BCUT2D eigenvalue weighted by molar-refractivity contribution is -0.168. The number of thiazole rings is 1. The van der Waals surface area contributed by atoms with Gasteiger partial charge in [0.1, 0.15) is 16.3 Å². The number of halogens is 3. The molecule has 4 N–H and O–H groups in total. The molecular weight excluding hydrogens is 473 g/mol. The molecule has 0 spiro atoms. The number of aliphatic carboxylic acids is 1. The topological polar surface area (TPSA) is 128 Å². The van der Waals surface area contributed by atoms with E-state index in [2.05, 4.69) is 20.3 Å². The fraction of sp³-hybridized carbons (Fsp3) is 0.364. The first-order valence-electron chi connectivity index (χ1n) is 10.3. The Balaban J connectivity index is 1.56. The second kappa shape index (κ2) is 8.60. The van der Waals surface area contributed by atoms with Crippen molar-refractivity contribution >= 4 is 28.9 Å². The molecule has 0 radical (unpaired) electrons. The largest absolute Gasteiger partial charge is 0.479 e. The molecule has 4 rings (SSSR count). The number of nitrogens with zero attached hydrogens (tertiary/aromatic N) is 3. The van der Waals surface area contributed by atoms with Crippen LogP contribution in [-0.4, -0.2) is 41.8 Å². The van der Waals surface area contributed by atoms with Gasteiger partial charge in [0.2, 0.25) is 5.95 Å². The van der Waals surface area contributed by atoms with Gasteiger partial charge in [-0.3, -0.25) is 0 Å². The lowest BCUT2D eigenvalue weighted by Crippen LogP contribution is -2.46. The van der Waals surface area contributed by atoms with Gasteiger partial charge in [0.25, 0.3) is 0 Å². The second-order valence-corrected chi connectivity index (χ2v) is 9.40. The minimum atomic E-state index is -4.59. The summed E-state index contributed by atoms with van der Waals surface area (Å²) in [5.41, 5.74) is -2.23. The molecule has 12 heteroatoms. The summed E-state index contributed by atoms with van der Waals surface area (Å²) in [6.07, 6.45) is -2.06. The van der Waals surface area contributed by atoms with Gasteiger partial charge in [-0.25, -0.2) is 19.7 Å². The van der Waals surface area contributed by atoms with Crippen LogP contribution in [-0.2, 0) is 16.6 Å². The number of alkyl halides is 3. The Labute approximate surface area is 196 Å². The molecule has 1 aromatic carbocycles. The molecule has 0 aliphatic heterocycles. The van der Waals surface area contributed by atoms with E-state index in [1.54, 1.807) is 18.3 Å².